The Kier molecular flexibility index (Phi) is 2.93. The third-order valence-corrected chi connectivity index (χ3v) is 5.95. The maximum Gasteiger partial charge on any atom is 0.108 e. The normalized spacial score (nSPS) is 19.4. The number of hydrogen-bond donors (Lipinski definition) is 0. The van der Waals surface area contributed by atoms with Crippen LogP contribution in [-0.4, -0.2) is 4.98 Å². The molecule has 1 nitrogen and oxygen atoms in total. The average Bonchev–Trinajstić information content (AvgIpc) is 2.94. The molecule has 0 saturated heterocycles. The van der Waals surface area contributed by atoms with Crippen LogP contribution in [0.25, 0.3) is 10.2 Å². The van der Waals surface area contributed by atoms with E-state index < -0.39 is 0 Å². The van der Waals surface area contributed by atoms with Gasteiger partial charge in [0.2, 0.25) is 0 Å². The number of aryl methyl sites for hydroxylation is 2. The first-order valence-corrected chi connectivity index (χ1v) is 7.67. The summed E-state index contributed by atoms with van der Waals surface area (Å²) in [5.74, 6) is 0. The van der Waals surface area contributed by atoms with Crippen molar-refractivity contribution >= 4 is 44.9 Å². The summed E-state index contributed by atoms with van der Waals surface area (Å²) in [4.78, 5) is 4.80. The third-order valence-electron chi connectivity index (χ3n) is 3.02. The molecule has 0 bridgehead atoms. The number of fused-ring (bicyclic) bond motifs is 1. The van der Waals surface area contributed by atoms with Crippen LogP contribution in [0.1, 0.15) is 27.8 Å². The second-order valence-electron chi connectivity index (χ2n) is 4.26. The minimum Gasteiger partial charge on any atom is -0.240 e. The van der Waals surface area contributed by atoms with Crippen LogP contribution in [0.4, 0.5) is 0 Å². The molecule has 0 fully saturated rings. The first-order valence-electron chi connectivity index (χ1n) is 5.53. The summed E-state index contributed by atoms with van der Waals surface area (Å²) in [7, 11) is 0. The van der Waals surface area contributed by atoms with E-state index in [1.54, 1.807) is 11.3 Å². The quantitative estimate of drug-likeness (QED) is 0.707. The van der Waals surface area contributed by atoms with Crippen molar-refractivity contribution in [1.82, 2.24) is 4.98 Å². The summed E-state index contributed by atoms with van der Waals surface area (Å²) in [6.07, 6.45) is 3.31. The fourth-order valence-electron chi connectivity index (χ4n) is 2.02. The number of benzene rings is 1. The summed E-state index contributed by atoms with van der Waals surface area (Å²) < 4.78 is 1.25. The molecule has 0 saturated carbocycles. The van der Waals surface area contributed by atoms with Gasteiger partial charge in [0.05, 0.1) is 15.5 Å². The number of allylic oxidation sites excluding steroid dienone is 1. The lowest BCUT2D eigenvalue weighted by atomic mass is 10.1. The summed E-state index contributed by atoms with van der Waals surface area (Å²) in [6, 6.07) is 2.02. The van der Waals surface area contributed by atoms with Crippen LogP contribution in [0.15, 0.2) is 17.6 Å². The van der Waals surface area contributed by atoms with Crippen molar-refractivity contribution < 1.29 is 0 Å². The lowest BCUT2D eigenvalue weighted by Gasteiger charge is -2.01. The number of nitrogens with zero attached hydrogens (tertiary/aromatic N) is 1. The molecule has 0 amide bonds. The van der Waals surface area contributed by atoms with E-state index >= 15 is 0 Å². The predicted octanol–water partition coefficient (Wildman–Crippen LogP) is 5.26. The number of aromatic nitrogens is 1. The van der Waals surface area contributed by atoms with E-state index in [9.17, 15) is 0 Å². The molecule has 4 heteroatoms. The van der Waals surface area contributed by atoms with Gasteiger partial charge in [0, 0.05) is 5.02 Å². The van der Waals surface area contributed by atoms with Crippen molar-refractivity contribution in [3.8, 4) is 0 Å². The molecule has 1 aromatic heterocycles. The molecule has 0 spiro atoms. The monoisotopic (exact) mass is 281 g/mol. The highest BCUT2D eigenvalue weighted by Crippen LogP contribution is 2.43. The molecule has 1 aliphatic heterocycles. The Morgan fingerprint density at radius 1 is 1.41 bits per heavy atom. The second kappa shape index (κ2) is 4.30. The Hall–Kier alpha value is -0.510. The molecular formula is C13H12ClNS2. The third kappa shape index (κ3) is 1.90. The number of halogens is 1. The first kappa shape index (κ1) is 11.6. The predicted molar refractivity (Wildman–Crippen MR) is 78.2 cm³/mol. The molecule has 0 aliphatic carbocycles. The molecule has 3 rings (SSSR count). The van der Waals surface area contributed by atoms with E-state index in [1.165, 1.54) is 15.3 Å². The second-order valence-corrected chi connectivity index (χ2v) is 6.81. The smallest absolute Gasteiger partial charge is 0.108 e. The van der Waals surface area contributed by atoms with Crippen LogP contribution >= 0.6 is 34.7 Å². The van der Waals surface area contributed by atoms with Gasteiger partial charge in [0.1, 0.15) is 5.01 Å². The number of hydrogen-bond acceptors (Lipinski definition) is 3. The molecule has 2 heterocycles. The highest BCUT2D eigenvalue weighted by molar-refractivity contribution is 8.02. The van der Waals surface area contributed by atoms with Gasteiger partial charge >= 0.3 is 0 Å². The number of thioether (sulfide) groups is 1. The van der Waals surface area contributed by atoms with Gasteiger partial charge in [0.25, 0.3) is 0 Å². The van der Waals surface area contributed by atoms with Gasteiger partial charge in [-0.25, -0.2) is 4.98 Å². The average molecular weight is 282 g/mol. The van der Waals surface area contributed by atoms with Crippen LogP contribution in [-0.2, 0) is 0 Å². The minimum atomic E-state index is 0.505. The fraction of sp³-hybridized carbons (Fsp3) is 0.308. The van der Waals surface area contributed by atoms with Crippen molar-refractivity contribution in [2.75, 3.05) is 0 Å². The SMILES string of the molecule is Cc1cc(Cl)c(C)c2sc(C3CC=CS3)nc12. The van der Waals surface area contributed by atoms with E-state index in [0.29, 0.717) is 5.25 Å². The standard InChI is InChI=1S/C13H12ClNS2/c1-7-6-9(14)8(2)12-11(7)15-13(17-12)10-4-3-5-16-10/h3,5-6,10H,4H2,1-2H3. The first-order chi connectivity index (χ1) is 8.16. The van der Waals surface area contributed by atoms with Gasteiger partial charge in [-0.3, -0.25) is 0 Å². The van der Waals surface area contributed by atoms with Crippen molar-refractivity contribution in [2.24, 2.45) is 0 Å². The Labute approximate surface area is 114 Å². The summed E-state index contributed by atoms with van der Waals surface area (Å²) in [6.45, 7) is 4.16. The molecule has 0 radical (unpaired) electrons. The maximum absolute atomic E-state index is 6.22. The maximum atomic E-state index is 6.22. The summed E-state index contributed by atoms with van der Waals surface area (Å²) in [5.41, 5.74) is 3.46. The number of thiazole rings is 1. The van der Waals surface area contributed by atoms with Gasteiger partial charge in [0.15, 0.2) is 0 Å². The summed E-state index contributed by atoms with van der Waals surface area (Å²) >= 11 is 9.88. The summed E-state index contributed by atoms with van der Waals surface area (Å²) in [5, 5.41) is 4.75. The van der Waals surface area contributed by atoms with Crippen molar-refractivity contribution in [3.05, 3.63) is 38.7 Å². The largest absolute Gasteiger partial charge is 0.240 e. The minimum absolute atomic E-state index is 0.505. The van der Waals surface area contributed by atoms with Gasteiger partial charge < -0.3 is 0 Å². The molecular weight excluding hydrogens is 270 g/mol. The van der Waals surface area contributed by atoms with Crippen molar-refractivity contribution in [1.29, 1.82) is 0 Å². The highest BCUT2D eigenvalue weighted by Gasteiger charge is 2.20. The molecule has 2 aromatic rings. The van der Waals surface area contributed by atoms with Crippen molar-refractivity contribution in [2.45, 2.75) is 25.5 Å². The van der Waals surface area contributed by atoms with E-state index in [1.807, 2.05) is 17.8 Å². The van der Waals surface area contributed by atoms with Gasteiger partial charge in [-0.1, -0.05) is 17.7 Å². The lowest BCUT2D eigenvalue weighted by Crippen LogP contribution is -1.86. The van der Waals surface area contributed by atoms with Gasteiger partial charge in [-0.15, -0.1) is 23.1 Å². The van der Waals surface area contributed by atoms with Crippen LogP contribution in [0.2, 0.25) is 5.02 Å². The zero-order valence-electron chi connectivity index (χ0n) is 9.66. The Balaban J connectivity index is 2.18. The van der Waals surface area contributed by atoms with E-state index in [-0.39, 0.29) is 0 Å². The Bertz CT molecular complexity index is 607. The van der Waals surface area contributed by atoms with Crippen LogP contribution < -0.4 is 0 Å². The highest BCUT2D eigenvalue weighted by atomic mass is 35.5. The molecule has 17 heavy (non-hydrogen) atoms. The van der Waals surface area contributed by atoms with E-state index in [0.717, 1.165) is 22.5 Å². The number of rotatable bonds is 1. The molecule has 1 aliphatic rings. The molecule has 0 N–H and O–H groups in total. The zero-order valence-corrected chi connectivity index (χ0v) is 12.0. The van der Waals surface area contributed by atoms with Crippen molar-refractivity contribution in [3.63, 3.8) is 0 Å². The Morgan fingerprint density at radius 2 is 2.24 bits per heavy atom. The Morgan fingerprint density at radius 3 is 2.94 bits per heavy atom. The van der Waals surface area contributed by atoms with E-state index in [2.05, 4.69) is 25.3 Å². The van der Waals surface area contributed by atoms with Gasteiger partial charge in [-0.05, 0) is 42.9 Å². The van der Waals surface area contributed by atoms with E-state index in [4.69, 9.17) is 16.6 Å². The molecule has 1 aromatic carbocycles. The van der Waals surface area contributed by atoms with Crippen LogP contribution in [0.3, 0.4) is 0 Å². The fourth-order valence-corrected chi connectivity index (χ4v) is 4.58. The van der Waals surface area contributed by atoms with Crippen LogP contribution in [0.5, 0.6) is 0 Å². The molecule has 1 unspecified atom stereocenters. The van der Waals surface area contributed by atoms with Gasteiger partial charge in [-0.2, -0.15) is 0 Å². The molecule has 88 valence electrons. The lowest BCUT2D eigenvalue weighted by molar-refractivity contribution is 0.975. The van der Waals surface area contributed by atoms with Crippen LogP contribution in [0, 0.1) is 13.8 Å². The zero-order chi connectivity index (χ0) is 12.0. The topological polar surface area (TPSA) is 12.9 Å². The molecule has 1 atom stereocenters.